The predicted octanol–water partition coefficient (Wildman–Crippen LogP) is 2.46. The van der Waals surface area contributed by atoms with Crippen LogP contribution in [0.25, 0.3) is 0 Å². The molecule has 0 radical (unpaired) electrons. The molecule has 0 aliphatic heterocycles. The van der Waals surface area contributed by atoms with Crippen molar-refractivity contribution < 1.29 is 0 Å². The first-order valence-electron chi connectivity index (χ1n) is 5.03. The van der Waals surface area contributed by atoms with E-state index in [9.17, 15) is 0 Å². The van der Waals surface area contributed by atoms with Gasteiger partial charge >= 0.3 is 0 Å². The van der Waals surface area contributed by atoms with E-state index in [0.29, 0.717) is 6.04 Å². The highest BCUT2D eigenvalue weighted by atomic mass is 79.9. The molecular formula is C10H18BrN3S. The molecular weight excluding hydrogens is 274 g/mol. The molecule has 1 heterocycles. The molecule has 1 unspecified atom stereocenters. The van der Waals surface area contributed by atoms with E-state index >= 15 is 0 Å². The molecule has 0 saturated carbocycles. The van der Waals surface area contributed by atoms with Gasteiger partial charge in [0.2, 0.25) is 0 Å². The summed E-state index contributed by atoms with van der Waals surface area (Å²) in [6, 6.07) is 0.300. The standard InChI is InChI=1S/C10H18BrN3S/c1-7(12)4-5-15-6-9-10(11)8(2)13-14(9)3/h7H,4-6,12H2,1-3H3. The van der Waals surface area contributed by atoms with Gasteiger partial charge in [0, 0.05) is 18.8 Å². The minimum Gasteiger partial charge on any atom is -0.328 e. The summed E-state index contributed by atoms with van der Waals surface area (Å²) in [5.41, 5.74) is 8.00. The molecule has 15 heavy (non-hydrogen) atoms. The Morgan fingerprint density at radius 1 is 1.60 bits per heavy atom. The lowest BCUT2D eigenvalue weighted by Gasteiger charge is -2.05. The lowest BCUT2D eigenvalue weighted by Crippen LogP contribution is -2.15. The van der Waals surface area contributed by atoms with Crippen LogP contribution in [0.2, 0.25) is 0 Å². The van der Waals surface area contributed by atoms with Gasteiger partial charge in [0.1, 0.15) is 0 Å². The van der Waals surface area contributed by atoms with E-state index in [0.717, 1.165) is 28.1 Å². The maximum absolute atomic E-state index is 5.70. The molecule has 1 atom stereocenters. The summed E-state index contributed by atoms with van der Waals surface area (Å²) in [4.78, 5) is 0. The van der Waals surface area contributed by atoms with Crippen molar-refractivity contribution in [2.75, 3.05) is 5.75 Å². The SMILES string of the molecule is Cc1nn(C)c(CSCCC(C)N)c1Br. The lowest BCUT2D eigenvalue weighted by atomic mass is 10.3. The Balaban J connectivity index is 2.44. The van der Waals surface area contributed by atoms with Gasteiger partial charge in [0.15, 0.2) is 0 Å². The number of nitrogens with two attached hydrogens (primary N) is 1. The molecule has 0 fully saturated rings. The van der Waals surface area contributed by atoms with Gasteiger partial charge in [0.25, 0.3) is 0 Å². The number of halogens is 1. The van der Waals surface area contributed by atoms with E-state index < -0.39 is 0 Å². The Bertz CT molecular complexity index is 323. The Morgan fingerprint density at radius 2 is 2.27 bits per heavy atom. The van der Waals surface area contributed by atoms with Crippen molar-refractivity contribution in [2.45, 2.75) is 32.1 Å². The first-order valence-corrected chi connectivity index (χ1v) is 6.98. The van der Waals surface area contributed by atoms with Crippen molar-refractivity contribution in [3.63, 3.8) is 0 Å². The fraction of sp³-hybridized carbons (Fsp3) is 0.700. The fourth-order valence-electron chi connectivity index (χ4n) is 1.27. The third kappa shape index (κ3) is 3.81. The molecule has 1 aromatic heterocycles. The largest absolute Gasteiger partial charge is 0.328 e. The summed E-state index contributed by atoms with van der Waals surface area (Å²) < 4.78 is 3.08. The average Bonchev–Trinajstić information content (AvgIpc) is 2.37. The maximum Gasteiger partial charge on any atom is 0.0738 e. The van der Waals surface area contributed by atoms with Gasteiger partial charge in [0.05, 0.1) is 15.9 Å². The van der Waals surface area contributed by atoms with Crippen molar-refractivity contribution >= 4 is 27.7 Å². The molecule has 0 aromatic carbocycles. The minimum atomic E-state index is 0.300. The summed E-state index contributed by atoms with van der Waals surface area (Å²) in [5.74, 6) is 2.10. The lowest BCUT2D eigenvalue weighted by molar-refractivity contribution is 0.717. The molecule has 5 heteroatoms. The van der Waals surface area contributed by atoms with Crippen molar-refractivity contribution in [3.8, 4) is 0 Å². The van der Waals surface area contributed by atoms with Crippen LogP contribution in [0, 0.1) is 6.92 Å². The summed E-state index contributed by atoms with van der Waals surface area (Å²) >= 11 is 5.47. The third-order valence-corrected chi connectivity index (χ3v) is 4.25. The molecule has 0 amide bonds. The molecule has 1 aromatic rings. The normalized spacial score (nSPS) is 13.1. The molecule has 0 aliphatic carbocycles. The van der Waals surface area contributed by atoms with Crippen molar-refractivity contribution in [1.82, 2.24) is 9.78 Å². The Hall–Kier alpha value is -0.0000000000000000555. The highest BCUT2D eigenvalue weighted by molar-refractivity contribution is 9.10. The van der Waals surface area contributed by atoms with Gasteiger partial charge in [-0.15, -0.1) is 0 Å². The van der Waals surface area contributed by atoms with Crippen molar-refractivity contribution in [1.29, 1.82) is 0 Å². The molecule has 2 N–H and O–H groups in total. The third-order valence-electron chi connectivity index (χ3n) is 2.22. The van der Waals surface area contributed by atoms with E-state index in [4.69, 9.17) is 5.73 Å². The van der Waals surface area contributed by atoms with Crippen LogP contribution in [0.15, 0.2) is 4.47 Å². The molecule has 0 spiro atoms. The van der Waals surface area contributed by atoms with Gasteiger partial charge in [-0.3, -0.25) is 4.68 Å². The van der Waals surface area contributed by atoms with Gasteiger partial charge in [-0.2, -0.15) is 16.9 Å². The molecule has 0 aliphatic rings. The monoisotopic (exact) mass is 291 g/mol. The van der Waals surface area contributed by atoms with E-state index in [-0.39, 0.29) is 0 Å². The first-order chi connectivity index (χ1) is 7.02. The second kappa shape index (κ2) is 5.92. The van der Waals surface area contributed by atoms with Gasteiger partial charge < -0.3 is 5.73 Å². The van der Waals surface area contributed by atoms with Crippen molar-refractivity contribution in [2.24, 2.45) is 12.8 Å². The second-order valence-corrected chi connectivity index (χ2v) is 5.69. The van der Waals surface area contributed by atoms with Gasteiger partial charge in [-0.1, -0.05) is 0 Å². The second-order valence-electron chi connectivity index (χ2n) is 3.79. The number of aryl methyl sites for hydroxylation is 2. The maximum atomic E-state index is 5.70. The summed E-state index contributed by atoms with van der Waals surface area (Å²) in [6.45, 7) is 4.06. The molecule has 86 valence electrons. The Morgan fingerprint density at radius 3 is 2.73 bits per heavy atom. The average molecular weight is 292 g/mol. The van der Waals surface area contributed by atoms with E-state index in [2.05, 4.69) is 21.0 Å². The predicted molar refractivity (Wildman–Crippen MR) is 70.1 cm³/mol. The number of aromatic nitrogens is 2. The summed E-state index contributed by atoms with van der Waals surface area (Å²) in [5, 5.41) is 4.36. The van der Waals surface area contributed by atoms with Crippen LogP contribution in [0.4, 0.5) is 0 Å². The van der Waals surface area contributed by atoms with Crippen LogP contribution in [0.3, 0.4) is 0 Å². The number of hydrogen-bond donors (Lipinski definition) is 1. The molecule has 3 nitrogen and oxygen atoms in total. The smallest absolute Gasteiger partial charge is 0.0738 e. The van der Waals surface area contributed by atoms with Crippen molar-refractivity contribution in [3.05, 3.63) is 15.9 Å². The Kier molecular flexibility index (Phi) is 5.15. The van der Waals surface area contributed by atoms with Crippen LogP contribution in [-0.4, -0.2) is 21.6 Å². The van der Waals surface area contributed by atoms with Crippen LogP contribution < -0.4 is 5.73 Å². The zero-order valence-corrected chi connectivity index (χ0v) is 11.9. The quantitative estimate of drug-likeness (QED) is 0.848. The molecule has 0 bridgehead atoms. The zero-order chi connectivity index (χ0) is 11.4. The number of rotatable bonds is 5. The molecule has 1 rings (SSSR count). The van der Waals surface area contributed by atoms with Gasteiger partial charge in [-0.25, -0.2) is 0 Å². The van der Waals surface area contributed by atoms with Crippen LogP contribution in [0.1, 0.15) is 24.7 Å². The summed E-state index contributed by atoms with van der Waals surface area (Å²) in [7, 11) is 1.99. The van der Waals surface area contributed by atoms with Crippen LogP contribution in [-0.2, 0) is 12.8 Å². The molecule has 0 saturated heterocycles. The summed E-state index contributed by atoms with van der Waals surface area (Å²) in [6.07, 6.45) is 1.07. The topological polar surface area (TPSA) is 43.8 Å². The number of nitrogens with zero attached hydrogens (tertiary/aromatic N) is 2. The fourth-order valence-corrected chi connectivity index (χ4v) is 3.14. The number of hydrogen-bond acceptors (Lipinski definition) is 3. The Labute approximate surface area is 104 Å². The van der Waals surface area contributed by atoms with E-state index in [1.54, 1.807) is 0 Å². The minimum absolute atomic E-state index is 0.300. The highest BCUT2D eigenvalue weighted by Gasteiger charge is 2.09. The highest BCUT2D eigenvalue weighted by Crippen LogP contribution is 2.24. The van der Waals surface area contributed by atoms with Crippen LogP contribution in [0.5, 0.6) is 0 Å². The van der Waals surface area contributed by atoms with Gasteiger partial charge in [-0.05, 0) is 42.0 Å². The van der Waals surface area contributed by atoms with E-state index in [1.807, 2.05) is 37.3 Å². The van der Waals surface area contributed by atoms with E-state index in [1.165, 1.54) is 5.69 Å². The first kappa shape index (κ1) is 13.1. The zero-order valence-electron chi connectivity index (χ0n) is 9.46. The number of thioether (sulfide) groups is 1. The van der Waals surface area contributed by atoms with Crippen LogP contribution >= 0.6 is 27.7 Å².